The maximum atomic E-state index is 12.9. The average Bonchev–Trinajstić information content (AvgIpc) is 2.58. The molecule has 0 amide bonds. The number of ether oxygens (including phenoxy) is 1. The van der Waals surface area contributed by atoms with E-state index in [2.05, 4.69) is 9.97 Å². The highest BCUT2D eigenvalue weighted by atomic mass is 35.5. The van der Waals surface area contributed by atoms with Gasteiger partial charge in [-0.15, -0.1) is 0 Å². The molecule has 1 aromatic heterocycles. The molecule has 3 rings (SSSR count). The van der Waals surface area contributed by atoms with Crippen molar-refractivity contribution in [2.45, 2.75) is 23.8 Å². The third kappa shape index (κ3) is 3.80. The van der Waals surface area contributed by atoms with Crippen molar-refractivity contribution in [1.82, 2.24) is 14.3 Å². The molecule has 1 aromatic carbocycles. The van der Waals surface area contributed by atoms with Crippen LogP contribution in [0.15, 0.2) is 41.6 Å². The molecule has 9 heteroatoms. The van der Waals surface area contributed by atoms with Gasteiger partial charge in [-0.2, -0.15) is 4.31 Å². The Morgan fingerprint density at radius 3 is 2.71 bits per heavy atom. The predicted molar refractivity (Wildman–Crippen MR) is 90.9 cm³/mol. The number of nitrogens with zero attached hydrogens (tertiary/aromatic N) is 3. The Hall–Kier alpha value is -1.41. The van der Waals surface area contributed by atoms with E-state index in [1.54, 1.807) is 24.5 Å². The van der Waals surface area contributed by atoms with Crippen molar-refractivity contribution < 1.29 is 13.2 Å². The molecule has 1 fully saturated rings. The molecular formula is C15H15Cl2N3O3S. The Kier molecular flexibility index (Phi) is 5.24. The van der Waals surface area contributed by atoms with Gasteiger partial charge in [-0.25, -0.2) is 18.4 Å². The number of halogens is 2. The van der Waals surface area contributed by atoms with E-state index in [-0.39, 0.29) is 28.6 Å². The highest BCUT2D eigenvalue weighted by Crippen LogP contribution is 2.29. The summed E-state index contributed by atoms with van der Waals surface area (Å²) in [7, 11) is -3.74. The van der Waals surface area contributed by atoms with Gasteiger partial charge in [0, 0.05) is 24.0 Å². The lowest BCUT2D eigenvalue weighted by molar-refractivity contribution is 0.119. The Bertz CT molecular complexity index is 818. The van der Waals surface area contributed by atoms with E-state index in [9.17, 15) is 8.42 Å². The number of rotatable bonds is 4. The molecule has 0 radical (unpaired) electrons. The maximum absolute atomic E-state index is 12.9. The number of sulfonamides is 1. The highest BCUT2D eigenvalue weighted by Gasteiger charge is 2.33. The third-order valence-electron chi connectivity index (χ3n) is 3.67. The summed E-state index contributed by atoms with van der Waals surface area (Å²) in [6.45, 7) is 0.615. The van der Waals surface area contributed by atoms with E-state index >= 15 is 0 Å². The summed E-state index contributed by atoms with van der Waals surface area (Å²) in [5.74, 6) is 0. The second kappa shape index (κ2) is 7.23. The lowest BCUT2D eigenvalue weighted by atomic mass is 10.1. The minimum atomic E-state index is -3.74. The zero-order valence-corrected chi connectivity index (χ0v) is 14.9. The van der Waals surface area contributed by atoms with Gasteiger partial charge in [0.05, 0.1) is 11.6 Å². The van der Waals surface area contributed by atoms with Gasteiger partial charge >= 0.3 is 6.01 Å². The highest BCUT2D eigenvalue weighted by molar-refractivity contribution is 7.89. The first kappa shape index (κ1) is 17.4. The van der Waals surface area contributed by atoms with Crippen molar-refractivity contribution in [3.05, 3.63) is 46.7 Å². The van der Waals surface area contributed by atoms with Gasteiger partial charge in [-0.3, -0.25) is 0 Å². The van der Waals surface area contributed by atoms with Crippen molar-refractivity contribution in [3.63, 3.8) is 0 Å². The molecule has 0 saturated carbocycles. The fourth-order valence-corrected chi connectivity index (χ4v) is 4.78. The molecule has 1 atom stereocenters. The van der Waals surface area contributed by atoms with E-state index in [0.717, 1.165) is 6.42 Å². The summed E-state index contributed by atoms with van der Waals surface area (Å²) in [6.07, 6.45) is 4.24. The average molecular weight is 388 g/mol. The standard InChI is InChI=1S/C15H15Cl2N3O3S/c16-11-4-5-13(17)14(9-11)24(21,22)20-8-1-3-12(10-20)23-15-18-6-2-7-19-15/h2,4-7,9,12H,1,3,8,10H2. The minimum absolute atomic E-state index is 0.00766. The molecule has 0 bridgehead atoms. The summed E-state index contributed by atoms with van der Waals surface area (Å²) in [6, 6.07) is 6.32. The zero-order chi connectivity index (χ0) is 17.2. The Morgan fingerprint density at radius 2 is 1.96 bits per heavy atom. The smallest absolute Gasteiger partial charge is 0.316 e. The van der Waals surface area contributed by atoms with Crippen molar-refractivity contribution in [2.24, 2.45) is 0 Å². The van der Waals surface area contributed by atoms with Crippen LogP contribution in [-0.4, -0.2) is 41.9 Å². The summed E-state index contributed by atoms with van der Waals surface area (Å²) >= 11 is 12.0. The van der Waals surface area contributed by atoms with Gasteiger partial charge in [-0.05, 0) is 37.1 Å². The molecule has 24 heavy (non-hydrogen) atoms. The Morgan fingerprint density at radius 1 is 1.21 bits per heavy atom. The quantitative estimate of drug-likeness (QED) is 0.805. The van der Waals surface area contributed by atoms with Crippen LogP contribution < -0.4 is 4.74 Å². The van der Waals surface area contributed by atoms with Crippen LogP contribution in [0.2, 0.25) is 10.0 Å². The first-order valence-electron chi connectivity index (χ1n) is 7.36. The van der Waals surface area contributed by atoms with Gasteiger partial charge in [0.15, 0.2) is 0 Å². The summed E-state index contributed by atoms with van der Waals surface area (Å²) < 4.78 is 32.8. The third-order valence-corrected chi connectivity index (χ3v) is 6.25. The number of piperidine rings is 1. The number of aromatic nitrogens is 2. The molecule has 1 aliphatic rings. The van der Waals surface area contributed by atoms with E-state index in [1.165, 1.54) is 16.4 Å². The molecule has 1 aliphatic heterocycles. The monoisotopic (exact) mass is 387 g/mol. The number of hydrogen-bond donors (Lipinski definition) is 0. The fourth-order valence-electron chi connectivity index (χ4n) is 2.53. The van der Waals surface area contributed by atoms with Crippen LogP contribution in [0, 0.1) is 0 Å². The molecule has 0 spiro atoms. The van der Waals surface area contributed by atoms with E-state index in [4.69, 9.17) is 27.9 Å². The summed E-state index contributed by atoms with van der Waals surface area (Å²) in [4.78, 5) is 8.02. The molecule has 1 saturated heterocycles. The molecule has 128 valence electrons. The van der Waals surface area contributed by atoms with Crippen LogP contribution in [-0.2, 0) is 10.0 Å². The van der Waals surface area contributed by atoms with Crippen LogP contribution in [0.5, 0.6) is 6.01 Å². The summed E-state index contributed by atoms with van der Waals surface area (Å²) in [5.41, 5.74) is 0. The van der Waals surface area contributed by atoms with Crippen LogP contribution in [0.25, 0.3) is 0 Å². The molecule has 1 unspecified atom stereocenters. The molecule has 6 nitrogen and oxygen atoms in total. The van der Waals surface area contributed by atoms with Crippen LogP contribution in [0.3, 0.4) is 0 Å². The predicted octanol–water partition coefficient (Wildman–Crippen LogP) is 3.02. The Labute approximate surface area is 150 Å². The van der Waals surface area contributed by atoms with Gasteiger partial charge in [0.25, 0.3) is 0 Å². The van der Waals surface area contributed by atoms with E-state index < -0.39 is 10.0 Å². The lowest BCUT2D eigenvalue weighted by Gasteiger charge is -2.31. The topological polar surface area (TPSA) is 72.4 Å². The molecule has 2 heterocycles. The largest absolute Gasteiger partial charge is 0.459 e. The lowest BCUT2D eigenvalue weighted by Crippen LogP contribution is -2.44. The van der Waals surface area contributed by atoms with Crippen molar-refractivity contribution >= 4 is 33.2 Å². The van der Waals surface area contributed by atoms with E-state index in [1.807, 2.05) is 0 Å². The molecule has 0 N–H and O–H groups in total. The minimum Gasteiger partial charge on any atom is -0.459 e. The van der Waals surface area contributed by atoms with Crippen molar-refractivity contribution in [2.75, 3.05) is 13.1 Å². The van der Waals surface area contributed by atoms with Gasteiger partial charge < -0.3 is 4.74 Å². The number of hydrogen-bond acceptors (Lipinski definition) is 5. The van der Waals surface area contributed by atoms with Crippen LogP contribution >= 0.6 is 23.2 Å². The van der Waals surface area contributed by atoms with Gasteiger partial charge in [-0.1, -0.05) is 23.2 Å². The van der Waals surface area contributed by atoms with E-state index in [0.29, 0.717) is 18.0 Å². The first-order valence-corrected chi connectivity index (χ1v) is 9.55. The SMILES string of the molecule is O=S(=O)(c1cc(Cl)ccc1Cl)N1CCCC(Oc2ncccn2)C1. The molecule has 0 aliphatic carbocycles. The fraction of sp³-hybridized carbons (Fsp3) is 0.333. The second-order valence-corrected chi connectivity index (χ2v) is 8.10. The van der Waals surface area contributed by atoms with Gasteiger partial charge in [0.2, 0.25) is 10.0 Å². The molecular weight excluding hydrogens is 373 g/mol. The second-order valence-electron chi connectivity index (χ2n) is 5.35. The van der Waals surface area contributed by atoms with Crippen LogP contribution in [0.1, 0.15) is 12.8 Å². The van der Waals surface area contributed by atoms with Crippen molar-refractivity contribution in [1.29, 1.82) is 0 Å². The van der Waals surface area contributed by atoms with Crippen LogP contribution in [0.4, 0.5) is 0 Å². The first-order chi connectivity index (χ1) is 11.5. The molecule has 2 aromatic rings. The number of benzene rings is 1. The summed E-state index contributed by atoms with van der Waals surface area (Å²) in [5, 5.41) is 0.467. The maximum Gasteiger partial charge on any atom is 0.316 e. The Balaban J connectivity index is 1.79. The van der Waals surface area contributed by atoms with Gasteiger partial charge in [0.1, 0.15) is 11.0 Å². The van der Waals surface area contributed by atoms with Crippen molar-refractivity contribution in [3.8, 4) is 6.01 Å². The normalized spacial score (nSPS) is 19.2. The zero-order valence-electron chi connectivity index (χ0n) is 12.6.